The third-order valence-electron chi connectivity index (χ3n) is 3.54. The number of nitrogens with two attached hydrogens (primary N) is 1. The topological polar surface area (TPSA) is 62.4 Å². The van der Waals surface area contributed by atoms with E-state index >= 15 is 0 Å². The van der Waals surface area contributed by atoms with E-state index in [9.17, 15) is 5.11 Å². The molecule has 4 heteroatoms. The largest absolute Gasteiger partial charge is 0.395 e. The number of aromatic nitrogens is 1. The number of pyridine rings is 1. The Bertz CT molecular complexity index is 584. The van der Waals surface area contributed by atoms with Gasteiger partial charge in [0.25, 0.3) is 0 Å². The Kier molecular flexibility index (Phi) is 5.31. The van der Waals surface area contributed by atoms with Gasteiger partial charge in [-0.1, -0.05) is 30.3 Å². The van der Waals surface area contributed by atoms with Crippen molar-refractivity contribution in [3.8, 4) is 0 Å². The van der Waals surface area contributed by atoms with E-state index < -0.39 is 0 Å². The zero-order valence-electron chi connectivity index (χ0n) is 12.7. The lowest BCUT2D eigenvalue weighted by Crippen LogP contribution is -2.29. The van der Waals surface area contributed by atoms with Crippen LogP contribution in [0.5, 0.6) is 0 Å². The summed E-state index contributed by atoms with van der Waals surface area (Å²) < 4.78 is 0. The van der Waals surface area contributed by atoms with Crippen molar-refractivity contribution in [2.24, 2.45) is 5.73 Å². The number of benzene rings is 1. The summed E-state index contributed by atoms with van der Waals surface area (Å²) in [7, 11) is 0. The summed E-state index contributed by atoms with van der Waals surface area (Å²) in [6.45, 7) is 5.83. The number of hydrogen-bond donors (Lipinski definition) is 2. The van der Waals surface area contributed by atoms with Crippen LogP contribution in [-0.2, 0) is 13.1 Å². The Morgan fingerprint density at radius 1 is 1.19 bits per heavy atom. The second-order valence-corrected chi connectivity index (χ2v) is 5.22. The summed E-state index contributed by atoms with van der Waals surface area (Å²) in [6.07, 6.45) is 0. The number of aliphatic hydroxyl groups is 1. The van der Waals surface area contributed by atoms with Crippen molar-refractivity contribution in [3.05, 3.63) is 58.8 Å². The normalized spacial score (nSPS) is 10.7. The SMILES string of the molecule is Cc1cc(C)c(CN)c(N(CCO)Cc2ccccc2)n1. The van der Waals surface area contributed by atoms with Crippen molar-refractivity contribution < 1.29 is 5.11 Å². The van der Waals surface area contributed by atoms with Gasteiger partial charge in [-0.05, 0) is 31.0 Å². The average molecular weight is 285 g/mol. The molecule has 1 heterocycles. The second kappa shape index (κ2) is 7.20. The molecular formula is C17H23N3O. The fourth-order valence-corrected chi connectivity index (χ4v) is 2.54. The summed E-state index contributed by atoms with van der Waals surface area (Å²) >= 11 is 0. The lowest BCUT2D eigenvalue weighted by Gasteiger charge is -2.26. The van der Waals surface area contributed by atoms with E-state index in [1.807, 2.05) is 31.2 Å². The van der Waals surface area contributed by atoms with E-state index in [4.69, 9.17) is 5.73 Å². The molecule has 0 bridgehead atoms. The summed E-state index contributed by atoms with van der Waals surface area (Å²) in [4.78, 5) is 6.75. The van der Waals surface area contributed by atoms with Crippen molar-refractivity contribution in [1.82, 2.24) is 4.98 Å². The van der Waals surface area contributed by atoms with E-state index in [2.05, 4.69) is 28.9 Å². The minimum atomic E-state index is 0.0888. The van der Waals surface area contributed by atoms with Crippen molar-refractivity contribution in [2.75, 3.05) is 18.1 Å². The highest BCUT2D eigenvalue weighted by molar-refractivity contribution is 5.52. The molecule has 0 saturated carbocycles. The van der Waals surface area contributed by atoms with E-state index in [0.29, 0.717) is 19.6 Å². The van der Waals surface area contributed by atoms with Crippen molar-refractivity contribution >= 4 is 5.82 Å². The number of nitrogens with zero attached hydrogens (tertiary/aromatic N) is 2. The second-order valence-electron chi connectivity index (χ2n) is 5.22. The molecule has 0 radical (unpaired) electrons. The minimum Gasteiger partial charge on any atom is -0.395 e. The van der Waals surface area contributed by atoms with Crippen LogP contribution in [0.15, 0.2) is 36.4 Å². The van der Waals surface area contributed by atoms with Crippen molar-refractivity contribution in [3.63, 3.8) is 0 Å². The van der Waals surface area contributed by atoms with Gasteiger partial charge >= 0.3 is 0 Å². The summed E-state index contributed by atoms with van der Waals surface area (Å²) in [5, 5.41) is 9.38. The van der Waals surface area contributed by atoms with Gasteiger partial charge in [0.1, 0.15) is 5.82 Å². The molecular weight excluding hydrogens is 262 g/mol. The fourth-order valence-electron chi connectivity index (χ4n) is 2.54. The lowest BCUT2D eigenvalue weighted by atomic mass is 10.1. The monoisotopic (exact) mass is 285 g/mol. The van der Waals surface area contributed by atoms with Gasteiger partial charge in [0.05, 0.1) is 6.61 Å². The first-order chi connectivity index (χ1) is 10.2. The molecule has 21 heavy (non-hydrogen) atoms. The molecule has 0 unspecified atom stereocenters. The first kappa shape index (κ1) is 15.5. The maximum absolute atomic E-state index is 9.38. The van der Waals surface area contributed by atoms with Crippen LogP contribution in [0.4, 0.5) is 5.82 Å². The van der Waals surface area contributed by atoms with E-state index in [1.165, 1.54) is 5.56 Å². The van der Waals surface area contributed by atoms with Gasteiger partial charge in [0.2, 0.25) is 0 Å². The first-order valence-corrected chi connectivity index (χ1v) is 7.22. The van der Waals surface area contributed by atoms with Crippen LogP contribution in [0.1, 0.15) is 22.4 Å². The molecule has 0 fully saturated rings. The predicted molar refractivity (Wildman–Crippen MR) is 86.2 cm³/mol. The molecule has 2 aromatic rings. The molecule has 4 nitrogen and oxygen atoms in total. The zero-order chi connectivity index (χ0) is 15.2. The third kappa shape index (κ3) is 3.80. The maximum Gasteiger partial charge on any atom is 0.133 e. The van der Waals surface area contributed by atoms with Crippen LogP contribution < -0.4 is 10.6 Å². The highest BCUT2D eigenvalue weighted by atomic mass is 16.3. The minimum absolute atomic E-state index is 0.0888. The Balaban J connectivity index is 2.38. The summed E-state index contributed by atoms with van der Waals surface area (Å²) in [5.74, 6) is 0.882. The number of rotatable bonds is 6. The van der Waals surface area contributed by atoms with Gasteiger partial charge in [-0.3, -0.25) is 0 Å². The Hall–Kier alpha value is -1.91. The molecule has 0 atom stereocenters. The number of aliphatic hydroxyl groups excluding tert-OH is 1. The Labute approximate surface area is 126 Å². The van der Waals surface area contributed by atoms with Gasteiger partial charge < -0.3 is 15.7 Å². The van der Waals surface area contributed by atoms with Gasteiger partial charge in [-0.2, -0.15) is 0 Å². The van der Waals surface area contributed by atoms with Crippen molar-refractivity contribution in [1.29, 1.82) is 0 Å². The fraction of sp³-hybridized carbons (Fsp3) is 0.353. The molecule has 1 aromatic carbocycles. The van der Waals surface area contributed by atoms with Crippen LogP contribution in [-0.4, -0.2) is 23.2 Å². The maximum atomic E-state index is 9.38. The first-order valence-electron chi connectivity index (χ1n) is 7.22. The van der Waals surface area contributed by atoms with Gasteiger partial charge in [0, 0.05) is 30.9 Å². The molecule has 3 N–H and O–H groups in total. The van der Waals surface area contributed by atoms with Crippen LogP contribution in [0.3, 0.4) is 0 Å². The number of hydrogen-bond acceptors (Lipinski definition) is 4. The highest BCUT2D eigenvalue weighted by Crippen LogP contribution is 2.23. The van der Waals surface area contributed by atoms with Gasteiger partial charge in [-0.15, -0.1) is 0 Å². The quantitative estimate of drug-likeness (QED) is 0.854. The zero-order valence-corrected chi connectivity index (χ0v) is 12.7. The molecule has 0 aliphatic rings. The van der Waals surface area contributed by atoms with Gasteiger partial charge in [-0.25, -0.2) is 4.98 Å². The Morgan fingerprint density at radius 3 is 2.52 bits per heavy atom. The van der Waals surface area contributed by atoms with E-state index in [0.717, 1.165) is 22.6 Å². The molecule has 1 aromatic heterocycles. The van der Waals surface area contributed by atoms with E-state index in [-0.39, 0.29) is 6.61 Å². The molecule has 0 amide bonds. The number of aryl methyl sites for hydroxylation is 2. The summed E-state index contributed by atoms with van der Waals surface area (Å²) in [5.41, 5.74) is 10.3. The average Bonchev–Trinajstić information content (AvgIpc) is 2.47. The summed E-state index contributed by atoms with van der Waals surface area (Å²) in [6, 6.07) is 12.2. The molecule has 112 valence electrons. The molecule has 2 rings (SSSR count). The van der Waals surface area contributed by atoms with Crippen molar-refractivity contribution in [2.45, 2.75) is 26.9 Å². The predicted octanol–water partition coefficient (Wildman–Crippen LogP) is 2.16. The molecule has 0 aliphatic carbocycles. The molecule has 0 spiro atoms. The smallest absolute Gasteiger partial charge is 0.133 e. The van der Waals surface area contributed by atoms with Crippen LogP contribution in [0, 0.1) is 13.8 Å². The van der Waals surface area contributed by atoms with Crippen LogP contribution in [0.25, 0.3) is 0 Å². The molecule has 0 aliphatic heterocycles. The lowest BCUT2D eigenvalue weighted by molar-refractivity contribution is 0.301. The Morgan fingerprint density at radius 2 is 1.90 bits per heavy atom. The van der Waals surface area contributed by atoms with Crippen LogP contribution in [0.2, 0.25) is 0 Å². The standard InChI is InChI=1S/C17H23N3O/c1-13-10-14(2)19-17(16(13)11-18)20(8-9-21)12-15-6-4-3-5-7-15/h3-7,10,21H,8-9,11-12,18H2,1-2H3. The van der Waals surface area contributed by atoms with Gasteiger partial charge in [0.15, 0.2) is 0 Å². The van der Waals surface area contributed by atoms with E-state index in [1.54, 1.807) is 0 Å². The van der Waals surface area contributed by atoms with Crippen LogP contribution >= 0.6 is 0 Å². The highest BCUT2D eigenvalue weighted by Gasteiger charge is 2.15. The third-order valence-corrected chi connectivity index (χ3v) is 3.54. The molecule has 0 saturated heterocycles. The number of anilines is 1.